The van der Waals surface area contributed by atoms with Gasteiger partial charge in [0.2, 0.25) is 5.88 Å². The molecule has 6 heteroatoms. The van der Waals surface area contributed by atoms with Crippen molar-refractivity contribution in [3.8, 4) is 5.88 Å². The molecule has 1 aliphatic heterocycles. The van der Waals surface area contributed by atoms with Gasteiger partial charge in [0.15, 0.2) is 0 Å². The number of aryl methyl sites for hydroxylation is 3. The summed E-state index contributed by atoms with van der Waals surface area (Å²) < 4.78 is 12.6. The van der Waals surface area contributed by atoms with Gasteiger partial charge in [0, 0.05) is 31.3 Å². The fraction of sp³-hybridized carbons (Fsp3) is 0.600. The molecule has 0 saturated carbocycles. The van der Waals surface area contributed by atoms with E-state index >= 15 is 0 Å². The van der Waals surface area contributed by atoms with Crippen LogP contribution in [0.5, 0.6) is 5.88 Å². The molecule has 0 radical (unpaired) electrons. The lowest BCUT2D eigenvalue weighted by Gasteiger charge is -2.20. The Hall–Kier alpha value is -1.82. The molecule has 0 atom stereocenters. The first-order valence-corrected chi connectivity index (χ1v) is 7.33. The van der Waals surface area contributed by atoms with Gasteiger partial charge in [-0.05, 0) is 33.2 Å². The predicted molar refractivity (Wildman–Crippen MR) is 78.2 cm³/mol. The first kappa shape index (κ1) is 14.1. The number of fused-ring (bicyclic) bond motifs is 1. The third-order valence-corrected chi connectivity index (χ3v) is 4.27. The molecule has 0 unspecified atom stereocenters. The van der Waals surface area contributed by atoms with Crippen LogP contribution in [0.4, 0.5) is 0 Å². The van der Waals surface area contributed by atoms with Crippen molar-refractivity contribution in [2.75, 3.05) is 13.7 Å². The van der Waals surface area contributed by atoms with Crippen LogP contribution in [0.15, 0.2) is 4.52 Å². The molecule has 3 heterocycles. The zero-order chi connectivity index (χ0) is 15.0. The third kappa shape index (κ3) is 2.55. The van der Waals surface area contributed by atoms with Crippen molar-refractivity contribution in [1.82, 2.24) is 19.8 Å². The van der Waals surface area contributed by atoms with E-state index in [4.69, 9.17) is 9.26 Å². The molecular weight excluding hydrogens is 268 g/mol. The quantitative estimate of drug-likeness (QED) is 0.865. The maximum Gasteiger partial charge on any atom is 0.236 e. The van der Waals surface area contributed by atoms with Gasteiger partial charge in [0.1, 0.15) is 5.76 Å². The van der Waals surface area contributed by atoms with Crippen LogP contribution in [0.2, 0.25) is 0 Å². The number of hydrogen-bond acceptors (Lipinski definition) is 5. The summed E-state index contributed by atoms with van der Waals surface area (Å²) in [4.78, 5) is 2.43. The maximum absolute atomic E-state index is 5.39. The maximum atomic E-state index is 5.39. The molecule has 3 rings (SSSR count). The van der Waals surface area contributed by atoms with Crippen LogP contribution in [-0.4, -0.2) is 33.5 Å². The van der Waals surface area contributed by atoms with Crippen molar-refractivity contribution in [2.24, 2.45) is 7.05 Å². The number of methoxy groups -OCH3 is 1. The molecule has 0 spiro atoms. The topological polar surface area (TPSA) is 56.3 Å². The van der Waals surface area contributed by atoms with Gasteiger partial charge >= 0.3 is 0 Å². The van der Waals surface area contributed by atoms with E-state index < -0.39 is 0 Å². The smallest absolute Gasteiger partial charge is 0.236 e. The monoisotopic (exact) mass is 290 g/mol. The summed E-state index contributed by atoms with van der Waals surface area (Å²) in [6.07, 6.45) is 2.13. The molecule has 2 aromatic heterocycles. The van der Waals surface area contributed by atoms with Gasteiger partial charge in [0.25, 0.3) is 0 Å². The number of aromatic nitrogens is 3. The van der Waals surface area contributed by atoms with E-state index in [1.165, 1.54) is 16.8 Å². The lowest BCUT2D eigenvalue weighted by molar-refractivity contribution is 0.252. The Labute approximate surface area is 124 Å². The van der Waals surface area contributed by atoms with E-state index in [1.54, 1.807) is 7.11 Å². The van der Waals surface area contributed by atoms with Crippen LogP contribution in [0.25, 0.3) is 0 Å². The molecular formula is C15H22N4O2. The summed E-state index contributed by atoms with van der Waals surface area (Å²) in [5.74, 6) is 1.69. The molecule has 114 valence electrons. The molecule has 0 aliphatic carbocycles. The molecule has 0 fully saturated rings. The highest BCUT2D eigenvalue weighted by Gasteiger charge is 2.23. The average Bonchev–Trinajstić information content (AvgIpc) is 2.84. The van der Waals surface area contributed by atoms with Crippen LogP contribution < -0.4 is 4.74 Å². The van der Waals surface area contributed by atoms with Gasteiger partial charge in [-0.2, -0.15) is 0 Å². The van der Waals surface area contributed by atoms with Crippen molar-refractivity contribution in [1.29, 1.82) is 0 Å². The first-order valence-electron chi connectivity index (χ1n) is 7.33. The van der Waals surface area contributed by atoms with Crippen molar-refractivity contribution in [2.45, 2.75) is 39.8 Å². The zero-order valence-electron chi connectivity index (χ0n) is 13.1. The number of nitrogens with zero attached hydrogens (tertiary/aromatic N) is 4. The van der Waals surface area contributed by atoms with Gasteiger partial charge in [-0.15, -0.1) is 5.10 Å². The van der Waals surface area contributed by atoms with E-state index in [9.17, 15) is 0 Å². The summed E-state index contributed by atoms with van der Waals surface area (Å²) in [5.41, 5.74) is 4.68. The van der Waals surface area contributed by atoms with Crippen LogP contribution >= 0.6 is 0 Å². The lowest BCUT2D eigenvalue weighted by atomic mass is 10.1. The summed E-state index contributed by atoms with van der Waals surface area (Å²) in [5, 5.41) is 8.50. The number of rotatable bonds is 3. The summed E-state index contributed by atoms with van der Waals surface area (Å²) >= 11 is 0. The molecule has 2 aromatic rings. The van der Waals surface area contributed by atoms with Crippen LogP contribution in [0, 0.1) is 13.8 Å². The van der Waals surface area contributed by atoms with Gasteiger partial charge in [-0.25, -0.2) is 0 Å². The minimum atomic E-state index is 0.770. The number of hydrogen-bond donors (Lipinski definition) is 0. The van der Waals surface area contributed by atoms with Crippen LogP contribution in [0.1, 0.15) is 34.7 Å². The lowest BCUT2D eigenvalue weighted by Crippen LogP contribution is -2.24. The summed E-state index contributed by atoms with van der Waals surface area (Å²) in [7, 11) is 3.68. The van der Waals surface area contributed by atoms with E-state index in [2.05, 4.69) is 15.2 Å². The normalized spacial score (nSPS) is 15.8. The van der Waals surface area contributed by atoms with Crippen molar-refractivity contribution < 1.29 is 9.26 Å². The summed E-state index contributed by atoms with van der Waals surface area (Å²) in [6.45, 7) is 6.79. The highest BCUT2D eigenvalue weighted by molar-refractivity contribution is 5.32. The number of ether oxygens (including phenoxy) is 1. The molecule has 6 nitrogen and oxygen atoms in total. The Morgan fingerprint density at radius 2 is 2.14 bits per heavy atom. The fourth-order valence-electron chi connectivity index (χ4n) is 3.05. The summed E-state index contributed by atoms with van der Waals surface area (Å²) in [6, 6.07) is 0. The molecule has 0 N–H and O–H groups in total. The molecule has 21 heavy (non-hydrogen) atoms. The van der Waals surface area contributed by atoms with Gasteiger partial charge in [0.05, 0.1) is 18.5 Å². The Morgan fingerprint density at radius 1 is 1.33 bits per heavy atom. The van der Waals surface area contributed by atoms with Gasteiger partial charge in [-0.3, -0.25) is 9.58 Å². The van der Waals surface area contributed by atoms with Crippen LogP contribution in [0.3, 0.4) is 0 Å². The Morgan fingerprint density at radius 3 is 2.81 bits per heavy atom. The molecule has 1 aliphatic rings. The second kappa shape index (κ2) is 5.52. The predicted octanol–water partition coefficient (Wildman–Crippen LogP) is 1.98. The van der Waals surface area contributed by atoms with E-state index in [0.29, 0.717) is 0 Å². The average molecular weight is 290 g/mol. The Kier molecular flexibility index (Phi) is 3.71. The largest absolute Gasteiger partial charge is 0.480 e. The Bertz CT molecular complexity index is 625. The first-order chi connectivity index (χ1) is 10.1. The third-order valence-electron chi connectivity index (χ3n) is 4.27. The molecule has 0 saturated heterocycles. The SMILES string of the molecule is COc1nn(C)c2c1CCCN(Cc1c(C)noc1C)C2. The van der Waals surface area contributed by atoms with Crippen molar-refractivity contribution in [3.05, 3.63) is 28.3 Å². The second-order valence-electron chi connectivity index (χ2n) is 5.68. The minimum absolute atomic E-state index is 0.770. The molecule has 0 aromatic carbocycles. The van der Waals surface area contributed by atoms with Crippen molar-refractivity contribution in [3.63, 3.8) is 0 Å². The van der Waals surface area contributed by atoms with E-state index in [1.807, 2.05) is 25.6 Å². The fourth-order valence-corrected chi connectivity index (χ4v) is 3.05. The highest BCUT2D eigenvalue weighted by Crippen LogP contribution is 2.27. The molecule has 0 amide bonds. The molecule has 0 bridgehead atoms. The minimum Gasteiger partial charge on any atom is -0.480 e. The van der Waals surface area contributed by atoms with Gasteiger partial charge < -0.3 is 9.26 Å². The van der Waals surface area contributed by atoms with E-state index in [0.717, 1.165) is 49.8 Å². The van der Waals surface area contributed by atoms with Crippen molar-refractivity contribution >= 4 is 0 Å². The van der Waals surface area contributed by atoms with Gasteiger partial charge in [-0.1, -0.05) is 5.16 Å². The van der Waals surface area contributed by atoms with Crippen LogP contribution in [-0.2, 0) is 26.6 Å². The standard InChI is InChI=1S/C15H22N4O2/c1-10-13(11(2)21-17-10)8-19-7-5-6-12-14(9-19)18(3)16-15(12)20-4/h5-9H2,1-4H3. The highest BCUT2D eigenvalue weighted by atomic mass is 16.5. The zero-order valence-corrected chi connectivity index (χ0v) is 13.1. The van der Waals surface area contributed by atoms with E-state index in [-0.39, 0.29) is 0 Å². The Balaban J connectivity index is 1.84. The second-order valence-corrected chi connectivity index (χ2v) is 5.68.